The highest BCUT2D eigenvalue weighted by Crippen LogP contribution is 2.35. The number of phenolic OH excluding ortho intramolecular Hbond substituents is 1. The molecule has 0 aliphatic carbocycles. The predicted octanol–water partition coefficient (Wildman–Crippen LogP) is 2.73. The topological polar surface area (TPSA) is 46.2 Å². The molecular weight excluding hydrogens is 256 g/mol. The van der Waals surface area contributed by atoms with Gasteiger partial charge in [0.05, 0.1) is 6.04 Å². The molecule has 1 aromatic rings. The molecule has 0 spiro atoms. The van der Waals surface area contributed by atoms with Crippen LogP contribution in [0, 0.1) is 6.92 Å². The van der Waals surface area contributed by atoms with Gasteiger partial charge in [-0.1, -0.05) is 22.0 Å². The van der Waals surface area contributed by atoms with Gasteiger partial charge >= 0.3 is 0 Å². The minimum atomic E-state index is -2.70. The Labute approximate surface area is 88.9 Å². The van der Waals surface area contributed by atoms with Crippen molar-refractivity contribution in [1.82, 2.24) is 0 Å². The van der Waals surface area contributed by atoms with Crippen LogP contribution in [-0.2, 0) is 0 Å². The minimum absolute atomic E-state index is 0.0556. The Kier molecular flexibility index (Phi) is 3.44. The van der Waals surface area contributed by atoms with Crippen LogP contribution < -0.4 is 5.73 Å². The molecular formula is C9H10BrF2NO. The van der Waals surface area contributed by atoms with Crippen LogP contribution in [0.2, 0.25) is 0 Å². The molecule has 1 aromatic carbocycles. The van der Waals surface area contributed by atoms with Gasteiger partial charge in [-0.25, -0.2) is 8.78 Å². The zero-order chi connectivity index (χ0) is 10.9. The summed E-state index contributed by atoms with van der Waals surface area (Å²) >= 11 is 3.08. The molecule has 0 aromatic heterocycles. The second kappa shape index (κ2) is 4.23. The molecule has 1 rings (SSSR count). The molecule has 3 N–H and O–H groups in total. The molecule has 78 valence electrons. The standard InChI is InChI=1S/C9H10BrF2NO/c1-4-2-3-5(10)6(8(4)14)7(13)9(11)12/h2-3,7,9,14H,13H2,1H3/t7-/m0/s1. The highest BCUT2D eigenvalue weighted by molar-refractivity contribution is 9.10. The molecule has 0 fully saturated rings. The van der Waals surface area contributed by atoms with E-state index in [0.717, 1.165) is 0 Å². The fourth-order valence-corrected chi connectivity index (χ4v) is 1.72. The summed E-state index contributed by atoms with van der Waals surface area (Å²) in [6, 6.07) is 1.75. The van der Waals surface area contributed by atoms with Crippen LogP contribution >= 0.6 is 15.9 Å². The van der Waals surface area contributed by atoms with Crippen molar-refractivity contribution in [3.63, 3.8) is 0 Å². The average Bonchev–Trinajstić information content (AvgIpc) is 2.12. The van der Waals surface area contributed by atoms with Gasteiger partial charge in [-0.05, 0) is 18.6 Å². The van der Waals surface area contributed by atoms with Crippen molar-refractivity contribution >= 4 is 15.9 Å². The Hall–Kier alpha value is -0.680. The maximum atomic E-state index is 12.3. The van der Waals surface area contributed by atoms with E-state index in [-0.39, 0.29) is 11.3 Å². The summed E-state index contributed by atoms with van der Waals surface area (Å²) < 4.78 is 25.1. The Morgan fingerprint density at radius 2 is 2.00 bits per heavy atom. The van der Waals surface area contributed by atoms with Gasteiger partial charge in [0.2, 0.25) is 0 Å². The van der Waals surface area contributed by atoms with Crippen molar-refractivity contribution in [2.75, 3.05) is 0 Å². The molecule has 1 atom stereocenters. The van der Waals surface area contributed by atoms with Crippen molar-refractivity contribution in [3.05, 3.63) is 27.7 Å². The Morgan fingerprint density at radius 3 is 2.50 bits per heavy atom. The van der Waals surface area contributed by atoms with E-state index in [9.17, 15) is 13.9 Å². The normalized spacial score (nSPS) is 13.3. The van der Waals surface area contributed by atoms with Crippen molar-refractivity contribution in [3.8, 4) is 5.75 Å². The van der Waals surface area contributed by atoms with E-state index in [1.165, 1.54) is 0 Å². The molecule has 0 bridgehead atoms. The number of rotatable bonds is 2. The number of phenols is 1. The van der Waals surface area contributed by atoms with Gasteiger partial charge in [0.1, 0.15) is 5.75 Å². The molecule has 0 radical (unpaired) electrons. The third-order valence-electron chi connectivity index (χ3n) is 1.97. The quantitative estimate of drug-likeness (QED) is 0.864. The van der Waals surface area contributed by atoms with Gasteiger partial charge in [-0.2, -0.15) is 0 Å². The summed E-state index contributed by atoms with van der Waals surface area (Å²) in [5.41, 5.74) is 5.85. The van der Waals surface area contributed by atoms with E-state index < -0.39 is 12.5 Å². The summed E-state index contributed by atoms with van der Waals surface area (Å²) in [6.07, 6.45) is -2.70. The molecule has 0 saturated carbocycles. The highest BCUT2D eigenvalue weighted by Gasteiger charge is 2.23. The molecule has 2 nitrogen and oxygen atoms in total. The summed E-state index contributed by atoms with van der Waals surface area (Å²) in [5, 5.41) is 9.55. The van der Waals surface area contributed by atoms with E-state index in [4.69, 9.17) is 5.73 Å². The summed E-state index contributed by atoms with van der Waals surface area (Å²) in [4.78, 5) is 0. The molecule has 14 heavy (non-hydrogen) atoms. The van der Waals surface area contributed by atoms with E-state index in [0.29, 0.717) is 10.0 Å². The van der Waals surface area contributed by atoms with Crippen LogP contribution in [0.25, 0.3) is 0 Å². The summed E-state index contributed by atoms with van der Waals surface area (Å²) in [5.74, 6) is -0.174. The third kappa shape index (κ3) is 2.04. The largest absolute Gasteiger partial charge is 0.507 e. The number of benzene rings is 1. The number of nitrogens with two attached hydrogens (primary N) is 1. The number of aromatic hydroxyl groups is 1. The van der Waals surface area contributed by atoms with Gasteiger partial charge in [0.25, 0.3) is 6.43 Å². The first kappa shape index (κ1) is 11.4. The number of alkyl halides is 2. The van der Waals surface area contributed by atoms with Gasteiger partial charge in [0, 0.05) is 10.0 Å². The zero-order valence-corrected chi connectivity index (χ0v) is 9.05. The molecule has 5 heteroatoms. The van der Waals surface area contributed by atoms with Crippen molar-refractivity contribution < 1.29 is 13.9 Å². The van der Waals surface area contributed by atoms with Crippen LogP contribution in [0.4, 0.5) is 8.78 Å². The number of aryl methyl sites for hydroxylation is 1. The molecule has 0 aliphatic rings. The maximum Gasteiger partial charge on any atom is 0.257 e. The fourth-order valence-electron chi connectivity index (χ4n) is 1.14. The Bertz CT molecular complexity index is 344. The number of hydrogen-bond acceptors (Lipinski definition) is 2. The lowest BCUT2D eigenvalue weighted by Gasteiger charge is -2.15. The van der Waals surface area contributed by atoms with E-state index in [2.05, 4.69) is 15.9 Å². The van der Waals surface area contributed by atoms with Gasteiger partial charge < -0.3 is 10.8 Å². The van der Waals surface area contributed by atoms with E-state index >= 15 is 0 Å². The second-order valence-corrected chi connectivity index (χ2v) is 3.84. The van der Waals surface area contributed by atoms with Crippen LogP contribution in [0.3, 0.4) is 0 Å². The first-order chi connectivity index (χ1) is 6.45. The first-order valence-corrected chi connectivity index (χ1v) is 4.76. The molecule has 0 heterocycles. The predicted molar refractivity (Wildman–Crippen MR) is 53.5 cm³/mol. The van der Waals surface area contributed by atoms with Crippen LogP contribution in [0.5, 0.6) is 5.75 Å². The van der Waals surface area contributed by atoms with Gasteiger partial charge in [-0.3, -0.25) is 0 Å². The smallest absolute Gasteiger partial charge is 0.257 e. The molecule has 0 unspecified atom stereocenters. The van der Waals surface area contributed by atoms with Crippen molar-refractivity contribution in [2.24, 2.45) is 5.73 Å². The van der Waals surface area contributed by atoms with E-state index in [1.54, 1.807) is 19.1 Å². The van der Waals surface area contributed by atoms with Crippen LogP contribution in [0.1, 0.15) is 17.2 Å². The van der Waals surface area contributed by atoms with E-state index in [1.807, 2.05) is 0 Å². The van der Waals surface area contributed by atoms with Crippen molar-refractivity contribution in [2.45, 2.75) is 19.4 Å². The Balaban J connectivity index is 3.25. The molecule has 0 saturated heterocycles. The lowest BCUT2D eigenvalue weighted by atomic mass is 10.0. The molecule has 0 amide bonds. The number of hydrogen-bond donors (Lipinski definition) is 2. The third-order valence-corrected chi connectivity index (χ3v) is 2.66. The summed E-state index contributed by atoms with van der Waals surface area (Å²) in [6.45, 7) is 1.63. The Morgan fingerprint density at radius 1 is 1.43 bits per heavy atom. The number of halogens is 3. The van der Waals surface area contributed by atoms with Crippen LogP contribution in [-0.4, -0.2) is 11.5 Å². The SMILES string of the molecule is Cc1ccc(Br)c([C@H](N)C(F)F)c1O. The van der Waals surface area contributed by atoms with Crippen molar-refractivity contribution in [1.29, 1.82) is 0 Å². The zero-order valence-electron chi connectivity index (χ0n) is 7.47. The monoisotopic (exact) mass is 265 g/mol. The minimum Gasteiger partial charge on any atom is -0.507 e. The van der Waals surface area contributed by atoms with Gasteiger partial charge in [0.15, 0.2) is 0 Å². The maximum absolute atomic E-state index is 12.3. The average molecular weight is 266 g/mol. The highest BCUT2D eigenvalue weighted by atomic mass is 79.9. The van der Waals surface area contributed by atoms with Crippen LogP contribution in [0.15, 0.2) is 16.6 Å². The second-order valence-electron chi connectivity index (χ2n) is 2.99. The lowest BCUT2D eigenvalue weighted by Crippen LogP contribution is -2.19. The first-order valence-electron chi connectivity index (χ1n) is 3.97. The van der Waals surface area contributed by atoms with Gasteiger partial charge in [-0.15, -0.1) is 0 Å². The fraction of sp³-hybridized carbons (Fsp3) is 0.333. The molecule has 0 aliphatic heterocycles. The lowest BCUT2D eigenvalue weighted by molar-refractivity contribution is 0.115. The summed E-state index contributed by atoms with van der Waals surface area (Å²) in [7, 11) is 0.